The topological polar surface area (TPSA) is 46.2 Å². The van der Waals surface area contributed by atoms with E-state index in [4.69, 9.17) is 0 Å². The maximum absolute atomic E-state index is 11.3. The van der Waals surface area contributed by atoms with Gasteiger partial charge in [-0.15, -0.1) is 0 Å². The molecule has 0 heterocycles. The van der Waals surface area contributed by atoms with Crippen LogP contribution in [0.4, 0.5) is 0 Å². The highest BCUT2D eigenvalue weighted by Crippen LogP contribution is 2.10. The maximum atomic E-state index is 11.3. The third-order valence-corrected chi connectivity index (χ3v) is 2.03. The fourth-order valence-corrected chi connectivity index (χ4v) is 1.30. The summed E-state index contributed by atoms with van der Waals surface area (Å²) in [7, 11) is 0. The normalized spacial score (nSPS) is 11.8. The molecule has 0 saturated carbocycles. The van der Waals surface area contributed by atoms with Gasteiger partial charge in [0.05, 0.1) is 6.04 Å². The van der Waals surface area contributed by atoms with Crippen LogP contribution in [0.2, 0.25) is 0 Å². The molecule has 0 spiro atoms. The molecule has 0 aliphatic heterocycles. The van der Waals surface area contributed by atoms with Gasteiger partial charge in [0.15, 0.2) is 0 Å². The van der Waals surface area contributed by atoms with E-state index in [1.54, 1.807) is 0 Å². The Morgan fingerprint density at radius 3 is 2.47 bits per heavy atom. The SMILES string of the molecule is [CH2+]C(=O)CC(=O)N[C@H](C)c1ccccc1. The van der Waals surface area contributed by atoms with Gasteiger partial charge >= 0.3 is 5.78 Å². The molecule has 0 saturated heterocycles. The zero-order valence-electron chi connectivity index (χ0n) is 8.69. The highest BCUT2D eigenvalue weighted by molar-refractivity contribution is 6.00. The van der Waals surface area contributed by atoms with Crippen LogP contribution in [0.5, 0.6) is 0 Å². The van der Waals surface area contributed by atoms with Crippen LogP contribution in [0, 0.1) is 6.92 Å². The maximum Gasteiger partial charge on any atom is 0.312 e. The van der Waals surface area contributed by atoms with Gasteiger partial charge in [0, 0.05) is 0 Å². The monoisotopic (exact) mass is 204 g/mol. The minimum atomic E-state index is -0.368. The third kappa shape index (κ3) is 3.85. The third-order valence-electron chi connectivity index (χ3n) is 2.03. The largest absolute Gasteiger partial charge is 0.349 e. The van der Waals surface area contributed by atoms with E-state index < -0.39 is 0 Å². The van der Waals surface area contributed by atoms with Gasteiger partial charge in [0.25, 0.3) is 0 Å². The molecule has 1 aromatic rings. The summed E-state index contributed by atoms with van der Waals surface area (Å²) in [6.07, 6.45) is -0.156. The molecule has 0 aromatic heterocycles. The number of hydrogen-bond acceptors (Lipinski definition) is 2. The van der Waals surface area contributed by atoms with Crippen molar-refractivity contribution in [2.24, 2.45) is 0 Å². The Balaban J connectivity index is 2.53. The Bertz CT molecular complexity index is 346. The van der Waals surface area contributed by atoms with Crippen LogP contribution in [0.15, 0.2) is 30.3 Å². The molecule has 1 atom stereocenters. The molecule has 15 heavy (non-hydrogen) atoms. The molecular formula is C12H14NO2+. The minimum absolute atomic E-state index is 0.0851. The Hall–Kier alpha value is -1.77. The Morgan fingerprint density at radius 1 is 1.33 bits per heavy atom. The predicted octanol–water partition coefficient (Wildman–Crippen LogP) is 1.66. The first kappa shape index (κ1) is 11.3. The number of carbonyl (C=O) groups is 2. The molecule has 1 N–H and O–H groups in total. The van der Waals surface area contributed by atoms with Gasteiger partial charge in [-0.05, 0) is 12.5 Å². The summed E-state index contributed by atoms with van der Waals surface area (Å²) in [5.41, 5.74) is 1.02. The second-order valence-corrected chi connectivity index (χ2v) is 3.42. The number of nitrogens with one attached hydrogen (secondary N) is 1. The first-order valence-corrected chi connectivity index (χ1v) is 4.78. The number of hydrogen-bond donors (Lipinski definition) is 1. The van der Waals surface area contributed by atoms with Gasteiger partial charge in [-0.2, -0.15) is 0 Å². The number of amides is 1. The molecule has 0 aliphatic carbocycles. The van der Waals surface area contributed by atoms with Crippen LogP contribution >= 0.6 is 0 Å². The van der Waals surface area contributed by atoms with E-state index in [2.05, 4.69) is 12.2 Å². The Morgan fingerprint density at radius 2 is 1.93 bits per heavy atom. The number of carbonyl (C=O) groups excluding carboxylic acids is 2. The highest BCUT2D eigenvalue weighted by Gasteiger charge is 2.13. The highest BCUT2D eigenvalue weighted by atomic mass is 16.2. The molecule has 1 rings (SSSR count). The van der Waals surface area contributed by atoms with Gasteiger partial charge in [0.1, 0.15) is 13.3 Å². The molecule has 1 amide bonds. The van der Waals surface area contributed by atoms with Crippen LogP contribution < -0.4 is 5.32 Å². The van der Waals surface area contributed by atoms with Crippen LogP contribution in [0.3, 0.4) is 0 Å². The van der Waals surface area contributed by atoms with Crippen molar-refractivity contribution in [3.8, 4) is 0 Å². The van der Waals surface area contributed by atoms with Crippen molar-refractivity contribution in [1.82, 2.24) is 5.32 Å². The van der Waals surface area contributed by atoms with Crippen molar-refractivity contribution >= 4 is 11.7 Å². The van der Waals surface area contributed by atoms with E-state index in [0.717, 1.165) is 5.56 Å². The van der Waals surface area contributed by atoms with Crippen molar-refractivity contribution in [1.29, 1.82) is 0 Å². The second kappa shape index (κ2) is 5.20. The van der Waals surface area contributed by atoms with Gasteiger partial charge in [-0.1, -0.05) is 30.3 Å². The molecular weight excluding hydrogens is 190 g/mol. The van der Waals surface area contributed by atoms with E-state index in [-0.39, 0.29) is 24.2 Å². The smallest absolute Gasteiger partial charge is 0.312 e. The minimum Gasteiger partial charge on any atom is -0.349 e. The zero-order chi connectivity index (χ0) is 11.3. The van der Waals surface area contributed by atoms with Crippen molar-refractivity contribution < 1.29 is 9.59 Å². The van der Waals surface area contributed by atoms with E-state index in [0.29, 0.717) is 0 Å². The van der Waals surface area contributed by atoms with Gasteiger partial charge in [-0.25, -0.2) is 4.79 Å². The molecule has 0 aliphatic rings. The zero-order valence-corrected chi connectivity index (χ0v) is 8.69. The summed E-state index contributed by atoms with van der Waals surface area (Å²) in [6, 6.07) is 9.50. The summed E-state index contributed by atoms with van der Waals surface area (Å²) >= 11 is 0. The molecule has 3 heteroatoms. The van der Waals surface area contributed by atoms with Crippen LogP contribution in [-0.4, -0.2) is 11.7 Å². The summed E-state index contributed by atoms with van der Waals surface area (Å²) in [5.74, 6) is -0.654. The number of ketones is 1. The summed E-state index contributed by atoms with van der Waals surface area (Å²) < 4.78 is 0. The lowest BCUT2D eigenvalue weighted by Gasteiger charge is -2.12. The van der Waals surface area contributed by atoms with Crippen molar-refractivity contribution in [2.75, 3.05) is 0 Å². The summed E-state index contributed by atoms with van der Waals surface area (Å²) in [5, 5.41) is 2.73. The molecule has 0 fully saturated rings. The number of Topliss-reactive ketones (excluding diaryl/α,β-unsaturated/α-hetero) is 1. The molecule has 78 valence electrons. The Labute approximate surface area is 89.5 Å². The lowest BCUT2D eigenvalue weighted by atomic mass is 10.1. The van der Waals surface area contributed by atoms with Crippen LogP contribution in [-0.2, 0) is 9.59 Å². The average Bonchev–Trinajstić information content (AvgIpc) is 2.17. The summed E-state index contributed by atoms with van der Waals surface area (Å²) in [6.45, 7) is 5.03. The molecule has 3 nitrogen and oxygen atoms in total. The quantitative estimate of drug-likeness (QED) is 0.599. The Kier molecular flexibility index (Phi) is 3.92. The van der Waals surface area contributed by atoms with Gasteiger partial charge < -0.3 is 5.32 Å². The molecule has 0 unspecified atom stereocenters. The van der Waals surface area contributed by atoms with Gasteiger partial charge in [0.2, 0.25) is 5.91 Å². The fourth-order valence-electron chi connectivity index (χ4n) is 1.30. The van der Waals surface area contributed by atoms with E-state index in [1.165, 1.54) is 0 Å². The fraction of sp³-hybridized carbons (Fsp3) is 0.250. The van der Waals surface area contributed by atoms with Gasteiger partial charge in [-0.3, -0.25) is 4.79 Å². The number of benzene rings is 1. The van der Waals surface area contributed by atoms with Crippen molar-refractivity contribution in [2.45, 2.75) is 19.4 Å². The molecule has 0 radical (unpaired) electrons. The summed E-state index contributed by atoms with van der Waals surface area (Å²) in [4.78, 5) is 21.9. The predicted molar refractivity (Wildman–Crippen MR) is 58.0 cm³/mol. The van der Waals surface area contributed by atoms with Crippen molar-refractivity contribution in [3.63, 3.8) is 0 Å². The van der Waals surface area contributed by atoms with E-state index >= 15 is 0 Å². The first-order valence-electron chi connectivity index (χ1n) is 4.78. The lowest BCUT2D eigenvalue weighted by Crippen LogP contribution is -2.27. The van der Waals surface area contributed by atoms with Crippen molar-refractivity contribution in [3.05, 3.63) is 42.8 Å². The number of rotatable bonds is 4. The standard InChI is InChI=1S/C12H13NO2/c1-9(14)8-12(15)13-10(2)11-6-4-3-5-7-11/h3-7,10H,1,8H2,2H3/p+1/t10-/m1/s1. The molecule has 0 bridgehead atoms. The lowest BCUT2D eigenvalue weighted by molar-refractivity contribution is -0.126. The average molecular weight is 204 g/mol. The first-order chi connectivity index (χ1) is 7.09. The molecule has 1 aromatic carbocycles. The van der Waals surface area contributed by atoms with Crippen LogP contribution in [0.25, 0.3) is 0 Å². The van der Waals surface area contributed by atoms with E-state index in [9.17, 15) is 9.59 Å². The van der Waals surface area contributed by atoms with E-state index in [1.807, 2.05) is 37.3 Å². The van der Waals surface area contributed by atoms with Crippen LogP contribution in [0.1, 0.15) is 24.9 Å². The second-order valence-electron chi connectivity index (χ2n) is 3.42.